The summed E-state index contributed by atoms with van der Waals surface area (Å²) in [5.41, 5.74) is 1.36. The van der Waals surface area contributed by atoms with Crippen molar-refractivity contribution in [2.24, 2.45) is 0 Å². The fourth-order valence-corrected chi connectivity index (χ4v) is 5.61. The number of anilines is 1. The summed E-state index contributed by atoms with van der Waals surface area (Å²) in [6.45, 7) is 7.73. The Labute approximate surface area is 309 Å². The highest BCUT2D eigenvalue weighted by Gasteiger charge is 2.39. The number of aliphatic hydroxyl groups is 1. The second-order valence-corrected chi connectivity index (χ2v) is 13.6. The van der Waals surface area contributed by atoms with Crippen molar-refractivity contribution >= 4 is 35.4 Å². The van der Waals surface area contributed by atoms with E-state index in [0.717, 1.165) is 16.7 Å². The van der Waals surface area contributed by atoms with Crippen molar-refractivity contribution in [3.63, 3.8) is 0 Å². The highest BCUT2D eigenvalue weighted by Crippen LogP contribution is 2.37. The molecule has 12 nitrogen and oxygen atoms in total. The van der Waals surface area contributed by atoms with E-state index >= 15 is 0 Å². The van der Waals surface area contributed by atoms with Gasteiger partial charge in [0.1, 0.15) is 29.3 Å². The number of amides is 5. The van der Waals surface area contributed by atoms with Crippen molar-refractivity contribution in [1.29, 1.82) is 0 Å². The van der Waals surface area contributed by atoms with Crippen molar-refractivity contribution in [2.45, 2.75) is 76.9 Å². The molecule has 0 saturated heterocycles. The number of ether oxygens (including phenoxy) is 1. The summed E-state index contributed by atoms with van der Waals surface area (Å²) in [5.74, 6) is -2.65. The van der Waals surface area contributed by atoms with Gasteiger partial charge in [0.05, 0.1) is 13.0 Å². The van der Waals surface area contributed by atoms with E-state index in [1.165, 1.54) is 13.8 Å². The number of hydrogen-bond donors (Lipinski definition) is 6. The predicted molar refractivity (Wildman–Crippen MR) is 201 cm³/mol. The zero-order valence-electron chi connectivity index (χ0n) is 30.5. The number of rotatable bonds is 14. The van der Waals surface area contributed by atoms with Gasteiger partial charge in [0.25, 0.3) is 0 Å². The maximum Gasteiger partial charge on any atom is 0.408 e. The number of nitrogens with one attached hydrogen (secondary N) is 5. The molecule has 4 aromatic rings. The number of alkyl carbamates (subject to hydrolysis) is 1. The van der Waals surface area contributed by atoms with Crippen molar-refractivity contribution in [2.75, 3.05) is 5.32 Å². The average molecular weight is 722 g/mol. The number of carbonyl (C=O) groups is 5. The van der Waals surface area contributed by atoms with Crippen LogP contribution in [0.3, 0.4) is 0 Å². The summed E-state index contributed by atoms with van der Waals surface area (Å²) in [6, 6.07) is 31.2. The Morgan fingerprint density at radius 3 is 1.53 bits per heavy atom. The molecule has 0 radical (unpaired) electrons. The van der Waals surface area contributed by atoms with Crippen molar-refractivity contribution < 1.29 is 33.8 Å². The zero-order chi connectivity index (χ0) is 38.6. The van der Waals surface area contributed by atoms with E-state index in [4.69, 9.17) is 4.74 Å². The number of aliphatic hydroxyl groups excluding tert-OH is 1. The van der Waals surface area contributed by atoms with Crippen LogP contribution < -0.4 is 26.6 Å². The van der Waals surface area contributed by atoms with Crippen LogP contribution in [-0.4, -0.2) is 58.6 Å². The maximum absolute atomic E-state index is 14.3. The van der Waals surface area contributed by atoms with Crippen LogP contribution in [0.15, 0.2) is 115 Å². The van der Waals surface area contributed by atoms with Crippen LogP contribution in [0, 0.1) is 0 Å². The van der Waals surface area contributed by atoms with E-state index in [-0.39, 0.29) is 6.61 Å². The first kappa shape index (κ1) is 39.8. The first-order valence-electron chi connectivity index (χ1n) is 17.3. The Morgan fingerprint density at radius 2 is 1.08 bits per heavy atom. The van der Waals surface area contributed by atoms with E-state index in [0.29, 0.717) is 11.3 Å². The first-order valence-corrected chi connectivity index (χ1v) is 17.3. The van der Waals surface area contributed by atoms with E-state index in [9.17, 15) is 29.1 Å². The van der Waals surface area contributed by atoms with Crippen LogP contribution in [0.25, 0.3) is 0 Å². The molecule has 0 aliphatic heterocycles. The van der Waals surface area contributed by atoms with Crippen LogP contribution in [0.1, 0.15) is 63.3 Å². The highest BCUT2D eigenvalue weighted by molar-refractivity contribution is 6.01. The lowest BCUT2D eigenvalue weighted by Crippen LogP contribution is -2.56. The molecule has 6 N–H and O–H groups in total. The molecule has 4 aromatic carbocycles. The maximum atomic E-state index is 14.3. The first-order chi connectivity index (χ1) is 25.2. The molecule has 0 saturated carbocycles. The molecule has 0 fully saturated rings. The Morgan fingerprint density at radius 1 is 0.623 bits per heavy atom. The lowest BCUT2D eigenvalue weighted by Gasteiger charge is -2.37. The minimum atomic E-state index is -1.39. The minimum Gasteiger partial charge on any atom is -0.444 e. The molecule has 0 aliphatic carbocycles. The summed E-state index contributed by atoms with van der Waals surface area (Å²) in [5, 5.41) is 23.0. The van der Waals surface area contributed by atoms with Gasteiger partial charge in [0.2, 0.25) is 23.6 Å². The molecular weight excluding hydrogens is 674 g/mol. The van der Waals surface area contributed by atoms with Gasteiger partial charge < -0.3 is 36.4 Å². The molecule has 0 heterocycles. The summed E-state index contributed by atoms with van der Waals surface area (Å²) >= 11 is 0. The Kier molecular flexibility index (Phi) is 13.5. The third-order valence-corrected chi connectivity index (χ3v) is 8.25. The van der Waals surface area contributed by atoms with Gasteiger partial charge in [-0.3, -0.25) is 19.2 Å². The fourth-order valence-electron chi connectivity index (χ4n) is 5.61. The predicted octanol–water partition coefficient (Wildman–Crippen LogP) is 4.52. The van der Waals surface area contributed by atoms with Gasteiger partial charge in [0.15, 0.2) is 0 Å². The van der Waals surface area contributed by atoms with Crippen molar-refractivity contribution in [1.82, 2.24) is 21.3 Å². The molecular formula is C41H47N5O7. The summed E-state index contributed by atoms with van der Waals surface area (Å²) in [4.78, 5) is 66.6. The topological polar surface area (TPSA) is 175 Å². The Bertz CT molecular complexity index is 1750. The van der Waals surface area contributed by atoms with E-state index in [1.54, 1.807) is 45.0 Å². The van der Waals surface area contributed by atoms with Gasteiger partial charge in [-0.15, -0.1) is 0 Å². The second kappa shape index (κ2) is 18.0. The normalized spacial score (nSPS) is 13.0. The molecule has 0 unspecified atom stereocenters. The van der Waals surface area contributed by atoms with Crippen molar-refractivity contribution in [3.05, 3.63) is 138 Å². The third-order valence-electron chi connectivity index (χ3n) is 8.25. The van der Waals surface area contributed by atoms with Gasteiger partial charge in [-0.05, 0) is 69.0 Å². The van der Waals surface area contributed by atoms with Gasteiger partial charge in [-0.25, -0.2) is 4.79 Å². The second-order valence-electron chi connectivity index (χ2n) is 13.6. The van der Waals surface area contributed by atoms with Crippen LogP contribution in [0.5, 0.6) is 0 Å². The summed E-state index contributed by atoms with van der Waals surface area (Å²) in [6.07, 6.45) is -1.28. The molecule has 53 heavy (non-hydrogen) atoms. The van der Waals surface area contributed by atoms with E-state index in [2.05, 4.69) is 26.6 Å². The smallest absolute Gasteiger partial charge is 0.408 e. The molecule has 12 heteroatoms. The van der Waals surface area contributed by atoms with Gasteiger partial charge in [-0.1, -0.05) is 103 Å². The monoisotopic (exact) mass is 721 g/mol. The zero-order valence-corrected chi connectivity index (χ0v) is 30.5. The third kappa shape index (κ3) is 11.0. The molecule has 5 amide bonds. The van der Waals surface area contributed by atoms with Crippen LogP contribution in [0.4, 0.5) is 10.5 Å². The number of benzene rings is 4. The average Bonchev–Trinajstić information content (AvgIpc) is 3.14. The summed E-state index contributed by atoms with van der Waals surface area (Å²) in [7, 11) is 0. The van der Waals surface area contributed by atoms with Crippen molar-refractivity contribution in [3.8, 4) is 0 Å². The molecule has 0 spiro atoms. The minimum absolute atomic E-state index is 0.186. The molecule has 4 rings (SSSR count). The van der Waals surface area contributed by atoms with Crippen LogP contribution >= 0.6 is 0 Å². The Hall–Kier alpha value is -6.01. The quantitative estimate of drug-likeness (QED) is 0.104. The van der Waals surface area contributed by atoms with Crippen LogP contribution in [-0.2, 0) is 36.1 Å². The number of hydrogen-bond acceptors (Lipinski definition) is 7. The van der Waals surface area contributed by atoms with Gasteiger partial charge >= 0.3 is 6.09 Å². The lowest BCUT2D eigenvalue weighted by atomic mass is 9.77. The summed E-state index contributed by atoms with van der Waals surface area (Å²) < 4.78 is 5.20. The molecule has 0 bridgehead atoms. The van der Waals surface area contributed by atoms with E-state index in [1.807, 2.05) is 91.0 Å². The van der Waals surface area contributed by atoms with E-state index < -0.39 is 65.4 Å². The van der Waals surface area contributed by atoms with Gasteiger partial charge in [0, 0.05) is 5.69 Å². The number of carbonyl (C=O) groups excluding carboxylic acids is 5. The van der Waals surface area contributed by atoms with Gasteiger partial charge in [-0.2, -0.15) is 0 Å². The highest BCUT2D eigenvalue weighted by atomic mass is 16.6. The fraction of sp³-hybridized carbons (Fsp3) is 0.293. The molecule has 278 valence electrons. The standard InChI is InChI=1S/C41H47N5O7/c1-27(42-36(49)28(2)43-39(52)53-40(3,4)5)37(50)45-34(38(51)44-33-23-21-29(26-47)22-24-33)25-35(48)46-41(30-15-9-6-10-16-30,31-17-11-7-12-18-31)32-19-13-8-14-20-32/h6-24,27-28,34,47H,25-26H2,1-5H3,(H,42,49)(H,43,52)(H,44,51)(H,45,50)(H,46,48)/t27-,28-,34-/m0/s1. The van der Waals surface area contributed by atoms with Crippen LogP contribution in [0.2, 0.25) is 0 Å². The Balaban J connectivity index is 1.61. The molecule has 0 aromatic heterocycles. The SMILES string of the molecule is C[C@H](NC(=O)OC(C)(C)C)C(=O)N[C@@H](C)C(=O)N[C@@H](CC(=O)NC(c1ccccc1)(c1ccccc1)c1ccccc1)C(=O)Nc1ccc(CO)cc1. The molecule has 0 aliphatic rings. The largest absolute Gasteiger partial charge is 0.444 e. The lowest BCUT2D eigenvalue weighted by molar-refractivity contribution is -0.132. The molecule has 3 atom stereocenters.